The molecule has 0 aromatic carbocycles. The average molecular weight is 783 g/mol. The van der Waals surface area contributed by atoms with E-state index in [4.69, 9.17) is 4.98 Å². The summed E-state index contributed by atoms with van der Waals surface area (Å²) in [6.45, 7) is 3.24. The number of hydrogen-bond acceptors (Lipinski definition) is 10. The van der Waals surface area contributed by atoms with Gasteiger partial charge in [-0.15, -0.1) is 5.10 Å². The van der Waals surface area contributed by atoms with E-state index in [0.29, 0.717) is 76.0 Å². The van der Waals surface area contributed by atoms with Gasteiger partial charge in [0.1, 0.15) is 5.69 Å². The van der Waals surface area contributed by atoms with Crippen molar-refractivity contribution >= 4 is 11.9 Å². The van der Waals surface area contributed by atoms with Gasteiger partial charge in [-0.05, 0) is 24.3 Å². The molecule has 2 N–H and O–H groups in total. The Morgan fingerprint density at radius 3 is 1.82 bits per heavy atom. The van der Waals surface area contributed by atoms with Crippen LogP contribution in [0.25, 0.3) is 11.4 Å². The molecule has 3 aliphatic heterocycles. The van der Waals surface area contributed by atoms with E-state index < -0.39 is 23.7 Å². The van der Waals surface area contributed by atoms with E-state index in [1.54, 1.807) is 15.9 Å². The van der Waals surface area contributed by atoms with Crippen LogP contribution in [0.5, 0.6) is 0 Å². The second-order valence-electron chi connectivity index (χ2n) is 11.0. The largest absolute Gasteiger partial charge is 0.480 e. The number of nitrogens with zero attached hydrogens (tertiary/aromatic N) is 9. The van der Waals surface area contributed by atoms with Crippen LogP contribution in [-0.4, -0.2) is 132 Å². The van der Waals surface area contributed by atoms with Crippen LogP contribution in [-0.2, 0) is 35.4 Å². The van der Waals surface area contributed by atoms with E-state index in [9.17, 15) is 33.0 Å². The summed E-state index contributed by atoms with van der Waals surface area (Å²) in [5, 5.41) is 27.2. The molecule has 0 atom stereocenters. The molecule has 3 aliphatic rings. The summed E-state index contributed by atoms with van der Waals surface area (Å²) in [6, 6.07) is 7.47. The Bertz CT molecular complexity index is 1440. The molecule has 1 fully saturated rings. The third-order valence-electron chi connectivity index (χ3n) is 7.68. The molecule has 0 aliphatic carbocycles. The molecule has 6 bridgehead atoms. The third kappa shape index (κ3) is 10.1. The molecule has 6 heterocycles. The van der Waals surface area contributed by atoms with Gasteiger partial charge < -0.3 is 10.2 Å². The first-order valence-corrected chi connectivity index (χ1v) is 14.3. The van der Waals surface area contributed by atoms with Crippen molar-refractivity contribution < 1.29 is 70.7 Å². The number of carboxylic acid groups (broad SMARTS) is 2. The molecule has 247 valence electrons. The fraction of sp³-hybridized carbons (Fsp3) is 0.500. The molecule has 0 saturated carbocycles. The van der Waals surface area contributed by atoms with E-state index in [2.05, 4.69) is 20.2 Å². The van der Waals surface area contributed by atoms with Crippen molar-refractivity contribution in [3.8, 4) is 11.4 Å². The van der Waals surface area contributed by atoms with Gasteiger partial charge in [0.15, 0.2) is 0 Å². The molecule has 1 radical (unpaired) electrons. The van der Waals surface area contributed by atoms with Crippen LogP contribution in [0.3, 0.4) is 0 Å². The Morgan fingerprint density at radius 1 is 0.756 bits per heavy atom. The maximum Gasteiger partial charge on any atom is 0.416 e. The Kier molecular flexibility index (Phi) is 12.3. The summed E-state index contributed by atoms with van der Waals surface area (Å²) in [5.41, 5.74) is 1.25. The number of pyridine rings is 2. The third-order valence-corrected chi connectivity index (χ3v) is 7.68. The normalized spacial score (nSPS) is 20.4. The van der Waals surface area contributed by atoms with Gasteiger partial charge in [-0.3, -0.25) is 34.2 Å². The second-order valence-corrected chi connectivity index (χ2v) is 11.0. The Hall–Kier alpha value is -2.73. The zero-order valence-electron chi connectivity index (χ0n) is 24.3. The predicted octanol–water partition coefficient (Wildman–Crippen LogP) is 1.21. The number of aliphatic carboxylic acids is 2. The number of carboxylic acids is 2. The number of rotatable bonds is 4. The fourth-order valence-electron chi connectivity index (χ4n) is 5.46. The van der Waals surface area contributed by atoms with Crippen molar-refractivity contribution in [3.05, 3.63) is 59.2 Å². The minimum absolute atomic E-state index is 0. The summed E-state index contributed by atoms with van der Waals surface area (Å²) in [4.78, 5) is 40.4. The molecule has 17 heteroatoms. The van der Waals surface area contributed by atoms with Gasteiger partial charge >= 0.3 is 18.1 Å². The fourth-order valence-corrected chi connectivity index (χ4v) is 5.46. The zero-order chi connectivity index (χ0) is 31.3. The molecule has 6 rings (SSSR count). The number of hydrogen-bond donors (Lipinski definition) is 2. The molecular formula is C28H34F3HoN9O4. The minimum Gasteiger partial charge on any atom is -0.480 e. The topological polar surface area (TPSA) is 144 Å². The van der Waals surface area contributed by atoms with E-state index in [0.717, 1.165) is 12.1 Å². The van der Waals surface area contributed by atoms with Crippen molar-refractivity contribution in [2.45, 2.75) is 25.8 Å². The van der Waals surface area contributed by atoms with Crippen LogP contribution < -0.4 is 0 Å². The van der Waals surface area contributed by atoms with Crippen LogP contribution in [0.4, 0.5) is 13.2 Å². The van der Waals surface area contributed by atoms with Gasteiger partial charge in [0, 0.05) is 103 Å². The molecule has 45 heavy (non-hydrogen) atoms. The van der Waals surface area contributed by atoms with Crippen LogP contribution in [0.1, 0.15) is 22.6 Å². The molecule has 3 aromatic rings. The van der Waals surface area contributed by atoms with Crippen molar-refractivity contribution in [1.82, 2.24) is 44.6 Å². The summed E-state index contributed by atoms with van der Waals surface area (Å²) in [7, 11) is 0. The van der Waals surface area contributed by atoms with Gasteiger partial charge in [0.25, 0.3) is 0 Å². The number of fused-ring (bicyclic) bond motifs is 8. The van der Waals surface area contributed by atoms with Gasteiger partial charge in [0.05, 0.1) is 54.2 Å². The Morgan fingerprint density at radius 2 is 1.29 bits per heavy atom. The van der Waals surface area contributed by atoms with Gasteiger partial charge in [-0.2, -0.15) is 13.2 Å². The molecule has 0 amide bonds. The number of carbonyl (C=O) groups is 2. The van der Waals surface area contributed by atoms with Gasteiger partial charge in [-0.25, -0.2) is 9.67 Å². The molecule has 0 spiro atoms. The first kappa shape index (κ1) is 35.1. The van der Waals surface area contributed by atoms with E-state index in [1.165, 1.54) is 10.9 Å². The smallest absolute Gasteiger partial charge is 0.416 e. The number of aromatic nitrogens is 5. The number of alkyl halides is 3. The standard InChI is InChI=1S/C28H34F3N9O4.Ho/c29-28(30,31)20-12-22-16-37-6-10-38(18-26(41)42)8-4-36(5-9-39(11-7-37)19-27(43)44)15-21-2-1-3-24(34-21)25-14-32-35-40(25)17-23(13-20)33-22;/h1-3,12-14H,4-11,15-19H2,(H,41,42)(H,43,44);. The van der Waals surface area contributed by atoms with Crippen molar-refractivity contribution in [3.63, 3.8) is 0 Å². The summed E-state index contributed by atoms with van der Waals surface area (Å²) in [5.74, 6) is -1.96. The quantitative estimate of drug-likeness (QED) is 0.368. The van der Waals surface area contributed by atoms with Crippen LogP contribution in [0, 0.1) is 37.7 Å². The van der Waals surface area contributed by atoms with Crippen LogP contribution in [0.2, 0.25) is 0 Å². The van der Waals surface area contributed by atoms with Gasteiger partial charge in [0.2, 0.25) is 0 Å². The maximum atomic E-state index is 14.0. The predicted molar refractivity (Wildman–Crippen MR) is 150 cm³/mol. The first-order chi connectivity index (χ1) is 21.0. The molecular weight excluding hydrogens is 748 g/mol. The van der Waals surface area contributed by atoms with Crippen LogP contribution in [0.15, 0.2) is 36.5 Å². The van der Waals surface area contributed by atoms with E-state index >= 15 is 0 Å². The SMILES string of the molecule is O=C(O)CN1CCN2CCN(CC(=O)O)CCN(CC1)Cc1cccc(n1)-c1cnnn1Cc1cc(C(F)(F)F)cc(n1)C2.[Ho]. The second kappa shape index (κ2) is 15.7. The summed E-state index contributed by atoms with van der Waals surface area (Å²) < 4.78 is 43.6. The Labute approximate surface area is 287 Å². The zero-order valence-corrected chi connectivity index (χ0v) is 26.3. The van der Waals surface area contributed by atoms with E-state index in [1.807, 2.05) is 17.0 Å². The van der Waals surface area contributed by atoms with Crippen molar-refractivity contribution in [1.29, 1.82) is 0 Å². The summed E-state index contributed by atoms with van der Waals surface area (Å²) in [6.07, 6.45) is -3.11. The van der Waals surface area contributed by atoms with Gasteiger partial charge in [-0.1, -0.05) is 11.3 Å². The average Bonchev–Trinajstić information content (AvgIpc) is 3.41. The maximum absolute atomic E-state index is 14.0. The molecule has 3 aromatic heterocycles. The molecule has 0 unspecified atom stereocenters. The van der Waals surface area contributed by atoms with Crippen LogP contribution >= 0.6 is 0 Å². The summed E-state index contributed by atoms with van der Waals surface area (Å²) >= 11 is 0. The first-order valence-electron chi connectivity index (χ1n) is 14.3. The Balaban J connectivity index is 0.00000461. The molecule has 1 saturated heterocycles. The minimum atomic E-state index is -4.62. The monoisotopic (exact) mass is 782 g/mol. The van der Waals surface area contributed by atoms with Crippen molar-refractivity contribution in [2.24, 2.45) is 0 Å². The van der Waals surface area contributed by atoms with E-state index in [-0.39, 0.29) is 75.3 Å². The van der Waals surface area contributed by atoms with Crippen molar-refractivity contribution in [2.75, 3.05) is 65.4 Å². The molecule has 13 nitrogen and oxygen atoms in total. The number of halogens is 3.